The maximum absolute atomic E-state index is 10.0. The van der Waals surface area contributed by atoms with Crippen LogP contribution in [0.1, 0.15) is 18.6 Å². The van der Waals surface area contributed by atoms with Gasteiger partial charge in [0, 0.05) is 0 Å². The lowest BCUT2D eigenvalue weighted by Gasteiger charge is -2.21. The molecular weight excluding hydrogens is 226 g/mol. The summed E-state index contributed by atoms with van der Waals surface area (Å²) < 4.78 is 0.706. The standard InChI is InChI=1S/C11H15NOS2/c1-8(12-11(14)15-2)10(13)9-6-4-3-5-7-9/h3-8,10,13H,1-2H3,(H,12,14)/t8-,10-/m0/s1. The molecule has 2 nitrogen and oxygen atoms in total. The lowest BCUT2D eigenvalue weighted by Crippen LogP contribution is -2.34. The van der Waals surface area contributed by atoms with Crippen LogP contribution in [0, 0.1) is 0 Å². The van der Waals surface area contributed by atoms with E-state index in [1.807, 2.05) is 43.5 Å². The van der Waals surface area contributed by atoms with Crippen LogP contribution in [-0.4, -0.2) is 21.7 Å². The fourth-order valence-corrected chi connectivity index (χ4v) is 1.75. The summed E-state index contributed by atoms with van der Waals surface area (Å²) in [6, 6.07) is 9.50. The smallest absolute Gasteiger partial charge is 0.133 e. The number of thioether (sulfide) groups is 1. The van der Waals surface area contributed by atoms with E-state index in [4.69, 9.17) is 12.2 Å². The summed E-state index contributed by atoms with van der Waals surface area (Å²) in [7, 11) is 0. The minimum absolute atomic E-state index is 0.0765. The van der Waals surface area contributed by atoms with Crippen LogP contribution in [0.15, 0.2) is 30.3 Å². The number of hydrogen-bond donors (Lipinski definition) is 2. The van der Waals surface area contributed by atoms with E-state index < -0.39 is 6.10 Å². The van der Waals surface area contributed by atoms with Gasteiger partial charge in [0.1, 0.15) is 4.32 Å². The highest BCUT2D eigenvalue weighted by atomic mass is 32.2. The van der Waals surface area contributed by atoms with E-state index >= 15 is 0 Å². The van der Waals surface area contributed by atoms with Crippen molar-refractivity contribution >= 4 is 28.3 Å². The molecule has 82 valence electrons. The molecule has 0 saturated heterocycles. The number of hydrogen-bond acceptors (Lipinski definition) is 3. The fraction of sp³-hybridized carbons (Fsp3) is 0.364. The number of nitrogens with one attached hydrogen (secondary N) is 1. The van der Waals surface area contributed by atoms with E-state index in [1.165, 1.54) is 11.8 Å². The molecule has 0 radical (unpaired) electrons. The first kappa shape index (κ1) is 12.5. The second kappa shape index (κ2) is 6.10. The zero-order valence-corrected chi connectivity index (χ0v) is 10.4. The fourth-order valence-electron chi connectivity index (χ4n) is 1.26. The lowest BCUT2D eigenvalue weighted by molar-refractivity contribution is 0.146. The van der Waals surface area contributed by atoms with Crippen molar-refractivity contribution < 1.29 is 5.11 Å². The van der Waals surface area contributed by atoms with E-state index in [2.05, 4.69) is 5.32 Å². The van der Waals surface area contributed by atoms with Gasteiger partial charge >= 0.3 is 0 Å². The van der Waals surface area contributed by atoms with E-state index in [-0.39, 0.29) is 6.04 Å². The van der Waals surface area contributed by atoms with Crippen molar-refractivity contribution in [1.29, 1.82) is 0 Å². The normalized spacial score (nSPS) is 14.3. The Morgan fingerprint density at radius 3 is 2.53 bits per heavy atom. The summed E-state index contributed by atoms with van der Waals surface area (Å²) in [6.07, 6.45) is 1.38. The molecule has 0 heterocycles. The predicted octanol–water partition coefficient (Wildman–Crippen LogP) is 2.35. The van der Waals surface area contributed by atoms with Crippen molar-refractivity contribution in [1.82, 2.24) is 5.32 Å². The van der Waals surface area contributed by atoms with Gasteiger partial charge in [-0.15, -0.1) is 11.8 Å². The molecule has 0 bridgehead atoms. The van der Waals surface area contributed by atoms with E-state index in [1.54, 1.807) is 0 Å². The van der Waals surface area contributed by atoms with E-state index in [0.29, 0.717) is 4.32 Å². The summed E-state index contributed by atoms with van der Waals surface area (Å²) in [5.74, 6) is 0. The zero-order chi connectivity index (χ0) is 11.3. The molecule has 0 aliphatic carbocycles. The van der Waals surface area contributed by atoms with Gasteiger partial charge in [-0.3, -0.25) is 0 Å². The lowest BCUT2D eigenvalue weighted by atomic mass is 10.0. The Hall–Kier alpha value is -0.580. The van der Waals surface area contributed by atoms with Gasteiger partial charge < -0.3 is 10.4 Å². The SMILES string of the molecule is CSC(=S)N[C@@H](C)[C@H](O)c1ccccc1. The van der Waals surface area contributed by atoms with Crippen LogP contribution in [0.3, 0.4) is 0 Å². The quantitative estimate of drug-likeness (QED) is 0.796. The van der Waals surface area contributed by atoms with Gasteiger partial charge in [0.15, 0.2) is 0 Å². The molecule has 4 heteroatoms. The number of thiocarbonyl (C=S) groups is 1. The molecule has 2 N–H and O–H groups in total. The summed E-state index contributed by atoms with van der Waals surface area (Å²) in [4.78, 5) is 0. The van der Waals surface area contributed by atoms with Gasteiger partial charge in [0.25, 0.3) is 0 Å². The number of benzene rings is 1. The first-order valence-electron chi connectivity index (χ1n) is 4.72. The summed E-state index contributed by atoms with van der Waals surface area (Å²) in [6.45, 7) is 1.92. The predicted molar refractivity (Wildman–Crippen MR) is 70.1 cm³/mol. The molecular formula is C11H15NOS2. The van der Waals surface area contributed by atoms with Gasteiger partial charge in [0.05, 0.1) is 12.1 Å². The maximum atomic E-state index is 10.0. The second-order valence-corrected chi connectivity index (χ2v) is 4.76. The van der Waals surface area contributed by atoms with Crippen LogP contribution >= 0.6 is 24.0 Å². The number of rotatable bonds is 3. The Labute approximate surface area is 100 Å². The Morgan fingerprint density at radius 2 is 2.00 bits per heavy atom. The largest absolute Gasteiger partial charge is 0.386 e. The molecule has 0 fully saturated rings. The summed E-state index contributed by atoms with van der Waals surface area (Å²) >= 11 is 6.52. The highest BCUT2D eigenvalue weighted by molar-refractivity contribution is 8.22. The topological polar surface area (TPSA) is 32.3 Å². The third kappa shape index (κ3) is 3.81. The van der Waals surface area contributed by atoms with Crippen LogP contribution < -0.4 is 5.32 Å². The second-order valence-electron chi connectivity index (χ2n) is 3.28. The van der Waals surface area contributed by atoms with Gasteiger partial charge in [-0.05, 0) is 18.7 Å². The van der Waals surface area contributed by atoms with Crippen molar-refractivity contribution in [3.8, 4) is 0 Å². The van der Waals surface area contributed by atoms with Crippen LogP contribution in [0.25, 0.3) is 0 Å². The van der Waals surface area contributed by atoms with Crippen molar-refractivity contribution in [3.63, 3.8) is 0 Å². The molecule has 0 aliphatic rings. The molecule has 0 amide bonds. The third-order valence-corrected chi connectivity index (χ3v) is 3.25. The average Bonchev–Trinajstić information content (AvgIpc) is 2.29. The molecule has 2 atom stereocenters. The molecule has 1 aromatic rings. The molecule has 0 unspecified atom stereocenters. The molecule has 0 aliphatic heterocycles. The molecule has 0 spiro atoms. The van der Waals surface area contributed by atoms with Crippen molar-refractivity contribution in [2.45, 2.75) is 19.1 Å². The van der Waals surface area contributed by atoms with E-state index in [0.717, 1.165) is 5.56 Å². The molecule has 1 rings (SSSR count). The van der Waals surface area contributed by atoms with Gasteiger partial charge in [0.2, 0.25) is 0 Å². The van der Waals surface area contributed by atoms with Crippen molar-refractivity contribution in [3.05, 3.63) is 35.9 Å². The van der Waals surface area contributed by atoms with Gasteiger partial charge in [-0.2, -0.15) is 0 Å². The monoisotopic (exact) mass is 241 g/mol. The Bertz CT molecular complexity index is 316. The minimum atomic E-state index is -0.531. The van der Waals surface area contributed by atoms with Crippen LogP contribution in [0.4, 0.5) is 0 Å². The van der Waals surface area contributed by atoms with Crippen LogP contribution in [0.5, 0.6) is 0 Å². The minimum Gasteiger partial charge on any atom is -0.386 e. The van der Waals surface area contributed by atoms with Crippen LogP contribution in [0.2, 0.25) is 0 Å². The van der Waals surface area contributed by atoms with E-state index in [9.17, 15) is 5.11 Å². The highest BCUT2D eigenvalue weighted by Gasteiger charge is 2.16. The summed E-state index contributed by atoms with van der Waals surface area (Å²) in [5.41, 5.74) is 0.904. The number of aliphatic hydroxyl groups excluding tert-OH is 1. The van der Waals surface area contributed by atoms with Gasteiger partial charge in [-0.1, -0.05) is 42.5 Å². The van der Waals surface area contributed by atoms with Crippen LogP contribution in [-0.2, 0) is 0 Å². The average molecular weight is 241 g/mol. The maximum Gasteiger partial charge on any atom is 0.133 e. The molecule has 0 saturated carbocycles. The van der Waals surface area contributed by atoms with Crippen molar-refractivity contribution in [2.24, 2.45) is 0 Å². The Morgan fingerprint density at radius 1 is 1.40 bits per heavy atom. The van der Waals surface area contributed by atoms with Gasteiger partial charge in [-0.25, -0.2) is 0 Å². The highest BCUT2D eigenvalue weighted by Crippen LogP contribution is 2.16. The van der Waals surface area contributed by atoms with Crippen molar-refractivity contribution in [2.75, 3.05) is 6.26 Å². The number of aliphatic hydroxyl groups is 1. The Balaban J connectivity index is 2.61. The zero-order valence-electron chi connectivity index (χ0n) is 8.81. The summed E-state index contributed by atoms with van der Waals surface area (Å²) in [5, 5.41) is 13.1. The molecule has 15 heavy (non-hydrogen) atoms. The molecule has 1 aromatic carbocycles. The third-order valence-electron chi connectivity index (χ3n) is 2.15. The first-order valence-corrected chi connectivity index (χ1v) is 6.36. The Kier molecular flexibility index (Phi) is 5.08. The first-order chi connectivity index (χ1) is 7.15. The molecule has 0 aromatic heterocycles.